The molecule has 1 rings (SSSR count). The quantitative estimate of drug-likeness (QED) is 0.823. The average molecular weight is 239 g/mol. The molecule has 0 fully saturated rings. The summed E-state index contributed by atoms with van der Waals surface area (Å²) in [6.07, 6.45) is 1.96. The van der Waals surface area contributed by atoms with Crippen LogP contribution in [0.4, 0.5) is 4.39 Å². The van der Waals surface area contributed by atoms with Crippen molar-refractivity contribution in [2.24, 2.45) is 0 Å². The zero-order valence-electron chi connectivity index (χ0n) is 11.1. The second-order valence-corrected chi connectivity index (χ2v) is 4.37. The van der Waals surface area contributed by atoms with Crippen LogP contribution in [0.1, 0.15) is 32.3 Å². The molecule has 0 aromatic heterocycles. The van der Waals surface area contributed by atoms with Crippen molar-refractivity contribution < 1.29 is 9.13 Å². The van der Waals surface area contributed by atoms with Crippen LogP contribution in [0.5, 0.6) is 5.75 Å². The number of rotatable bonds is 6. The molecule has 0 saturated heterocycles. The lowest BCUT2D eigenvalue weighted by Crippen LogP contribution is -2.35. The van der Waals surface area contributed by atoms with Gasteiger partial charge >= 0.3 is 0 Å². The van der Waals surface area contributed by atoms with Crippen molar-refractivity contribution in [3.63, 3.8) is 0 Å². The fourth-order valence-corrected chi connectivity index (χ4v) is 2.34. The van der Waals surface area contributed by atoms with Crippen molar-refractivity contribution in [2.45, 2.75) is 32.1 Å². The van der Waals surface area contributed by atoms with E-state index in [1.807, 2.05) is 13.1 Å². The van der Waals surface area contributed by atoms with Crippen molar-refractivity contribution in [3.05, 3.63) is 29.6 Å². The summed E-state index contributed by atoms with van der Waals surface area (Å²) in [7, 11) is 3.42. The molecule has 0 unspecified atom stereocenters. The fraction of sp³-hybridized carbons (Fsp3) is 0.571. The Bertz CT molecular complexity index is 361. The van der Waals surface area contributed by atoms with E-state index in [-0.39, 0.29) is 11.2 Å². The van der Waals surface area contributed by atoms with Gasteiger partial charge in [-0.25, -0.2) is 4.39 Å². The van der Waals surface area contributed by atoms with Crippen LogP contribution in [0.15, 0.2) is 18.2 Å². The summed E-state index contributed by atoms with van der Waals surface area (Å²) in [6, 6.07) is 5.27. The van der Waals surface area contributed by atoms with Crippen molar-refractivity contribution in [1.82, 2.24) is 5.32 Å². The summed E-state index contributed by atoms with van der Waals surface area (Å²) in [6.45, 7) is 5.14. The fourth-order valence-electron chi connectivity index (χ4n) is 2.34. The van der Waals surface area contributed by atoms with E-state index in [0.717, 1.165) is 24.9 Å². The molecule has 1 aromatic carbocycles. The largest absolute Gasteiger partial charge is 0.494 e. The number of hydrogen-bond acceptors (Lipinski definition) is 2. The highest BCUT2D eigenvalue weighted by molar-refractivity contribution is 5.34. The minimum absolute atomic E-state index is 0.00185. The van der Waals surface area contributed by atoms with Gasteiger partial charge in [0.1, 0.15) is 0 Å². The van der Waals surface area contributed by atoms with E-state index < -0.39 is 0 Å². The van der Waals surface area contributed by atoms with Crippen LogP contribution >= 0.6 is 0 Å². The molecule has 0 saturated carbocycles. The highest BCUT2D eigenvalue weighted by Crippen LogP contribution is 2.33. The molecule has 3 heteroatoms. The molecule has 17 heavy (non-hydrogen) atoms. The highest BCUT2D eigenvalue weighted by atomic mass is 19.1. The van der Waals surface area contributed by atoms with Crippen molar-refractivity contribution in [2.75, 3.05) is 20.7 Å². The first-order valence-electron chi connectivity index (χ1n) is 6.12. The molecule has 96 valence electrons. The van der Waals surface area contributed by atoms with Gasteiger partial charge in [-0.05, 0) is 37.6 Å². The lowest BCUT2D eigenvalue weighted by atomic mass is 9.75. The topological polar surface area (TPSA) is 21.3 Å². The molecule has 0 atom stereocenters. The third-order valence-electron chi connectivity index (χ3n) is 3.63. The van der Waals surface area contributed by atoms with Gasteiger partial charge in [-0.2, -0.15) is 0 Å². The summed E-state index contributed by atoms with van der Waals surface area (Å²) < 4.78 is 18.7. The maximum Gasteiger partial charge on any atom is 0.165 e. The Balaban J connectivity index is 3.14. The first-order chi connectivity index (χ1) is 8.13. The summed E-state index contributed by atoms with van der Waals surface area (Å²) in [5, 5.41) is 3.20. The monoisotopic (exact) mass is 239 g/mol. The van der Waals surface area contributed by atoms with E-state index in [9.17, 15) is 4.39 Å². The lowest BCUT2D eigenvalue weighted by Gasteiger charge is -2.32. The van der Waals surface area contributed by atoms with Crippen LogP contribution in [0.25, 0.3) is 0 Å². The third-order valence-corrected chi connectivity index (χ3v) is 3.63. The highest BCUT2D eigenvalue weighted by Gasteiger charge is 2.28. The van der Waals surface area contributed by atoms with Gasteiger partial charge in [0.15, 0.2) is 11.6 Å². The Morgan fingerprint density at radius 1 is 1.29 bits per heavy atom. The summed E-state index contributed by atoms with van der Waals surface area (Å²) >= 11 is 0. The Kier molecular flexibility index (Phi) is 4.94. The molecule has 1 aromatic rings. The predicted octanol–water partition coefficient (Wildman–Crippen LogP) is 3.11. The maximum absolute atomic E-state index is 13.7. The molecular weight excluding hydrogens is 217 g/mol. The Morgan fingerprint density at radius 2 is 1.94 bits per heavy atom. The van der Waals surface area contributed by atoms with Gasteiger partial charge in [-0.1, -0.05) is 19.9 Å². The van der Waals surface area contributed by atoms with Crippen molar-refractivity contribution >= 4 is 0 Å². The molecule has 0 aliphatic carbocycles. The molecule has 0 aliphatic rings. The molecule has 1 N–H and O–H groups in total. The Hall–Kier alpha value is -1.09. The molecule has 0 amide bonds. The molecule has 0 spiro atoms. The van der Waals surface area contributed by atoms with E-state index in [4.69, 9.17) is 4.74 Å². The standard InChI is InChI=1S/C14H22FNO/c1-5-14(6-2,10-16-3)11-7-8-13(17-4)12(15)9-11/h7-9,16H,5-6,10H2,1-4H3. The normalized spacial score (nSPS) is 11.6. The second-order valence-electron chi connectivity index (χ2n) is 4.37. The number of hydrogen-bond donors (Lipinski definition) is 1. The average Bonchev–Trinajstić information content (AvgIpc) is 2.36. The van der Waals surface area contributed by atoms with Gasteiger partial charge < -0.3 is 10.1 Å². The van der Waals surface area contributed by atoms with Crippen LogP contribution in [-0.4, -0.2) is 20.7 Å². The molecule has 2 nitrogen and oxygen atoms in total. The van der Waals surface area contributed by atoms with Gasteiger partial charge in [0.25, 0.3) is 0 Å². The molecule has 0 radical (unpaired) electrons. The lowest BCUT2D eigenvalue weighted by molar-refractivity contribution is 0.368. The summed E-state index contributed by atoms with van der Waals surface area (Å²) in [4.78, 5) is 0. The number of methoxy groups -OCH3 is 1. The maximum atomic E-state index is 13.7. The zero-order valence-corrected chi connectivity index (χ0v) is 11.1. The van der Waals surface area contributed by atoms with Gasteiger partial charge in [0.05, 0.1) is 7.11 Å². The number of halogens is 1. The van der Waals surface area contributed by atoms with Crippen molar-refractivity contribution in [3.8, 4) is 5.75 Å². The summed E-state index contributed by atoms with van der Waals surface area (Å²) in [5.74, 6) is 0.0201. The van der Waals surface area contributed by atoms with E-state index in [0.29, 0.717) is 5.75 Å². The second kappa shape index (κ2) is 6.01. The number of nitrogens with one attached hydrogen (secondary N) is 1. The van der Waals surface area contributed by atoms with E-state index >= 15 is 0 Å². The summed E-state index contributed by atoms with van der Waals surface area (Å²) in [5.41, 5.74) is 1.04. The van der Waals surface area contributed by atoms with E-state index in [2.05, 4.69) is 19.2 Å². The first kappa shape index (κ1) is 14.0. The van der Waals surface area contributed by atoms with Crippen molar-refractivity contribution in [1.29, 1.82) is 0 Å². The van der Waals surface area contributed by atoms with E-state index in [1.165, 1.54) is 7.11 Å². The van der Waals surface area contributed by atoms with Gasteiger partial charge in [0, 0.05) is 12.0 Å². The minimum Gasteiger partial charge on any atom is -0.494 e. The Morgan fingerprint density at radius 3 is 2.35 bits per heavy atom. The minimum atomic E-state index is -0.285. The first-order valence-corrected chi connectivity index (χ1v) is 6.12. The smallest absolute Gasteiger partial charge is 0.165 e. The van der Waals surface area contributed by atoms with E-state index in [1.54, 1.807) is 12.1 Å². The van der Waals surface area contributed by atoms with Gasteiger partial charge in [-0.3, -0.25) is 0 Å². The number of benzene rings is 1. The van der Waals surface area contributed by atoms with Crippen LogP contribution in [0.3, 0.4) is 0 Å². The van der Waals surface area contributed by atoms with Gasteiger partial charge in [-0.15, -0.1) is 0 Å². The SMILES string of the molecule is CCC(CC)(CNC)c1ccc(OC)c(F)c1. The molecule has 0 heterocycles. The van der Waals surface area contributed by atoms with Crippen LogP contribution in [-0.2, 0) is 5.41 Å². The van der Waals surface area contributed by atoms with Crippen LogP contribution in [0, 0.1) is 5.82 Å². The van der Waals surface area contributed by atoms with Gasteiger partial charge in [0.2, 0.25) is 0 Å². The van der Waals surface area contributed by atoms with Crippen LogP contribution < -0.4 is 10.1 Å². The van der Waals surface area contributed by atoms with Crippen LogP contribution in [0.2, 0.25) is 0 Å². The number of likely N-dealkylation sites (N-methyl/N-ethyl adjacent to an activating group) is 1. The molecule has 0 aliphatic heterocycles. The number of ether oxygens (including phenoxy) is 1. The molecular formula is C14H22FNO. The predicted molar refractivity (Wildman–Crippen MR) is 69.1 cm³/mol. The Labute approximate surface area is 103 Å². The molecule has 0 bridgehead atoms. The third kappa shape index (κ3) is 2.78. The zero-order chi connectivity index (χ0) is 12.9.